The van der Waals surface area contributed by atoms with E-state index in [1.165, 1.54) is 4.31 Å². The number of sulfonamides is 1. The molecule has 1 rings (SSSR count). The lowest BCUT2D eigenvalue weighted by atomic mass is 9.87. The zero-order valence-electron chi connectivity index (χ0n) is 10.2. The summed E-state index contributed by atoms with van der Waals surface area (Å²) in [4.78, 5) is 0. The van der Waals surface area contributed by atoms with Crippen molar-refractivity contribution in [3.8, 4) is 6.07 Å². The maximum absolute atomic E-state index is 11.9. The van der Waals surface area contributed by atoms with Gasteiger partial charge in [0.1, 0.15) is 0 Å². The van der Waals surface area contributed by atoms with Gasteiger partial charge < -0.3 is 0 Å². The van der Waals surface area contributed by atoms with Gasteiger partial charge in [-0.3, -0.25) is 0 Å². The molecule has 0 atom stereocenters. The van der Waals surface area contributed by atoms with Gasteiger partial charge in [0.2, 0.25) is 10.0 Å². The highest BCUT2D eigenvalue weighted by Crippen LogP contribution is 2.28. The van der Waals surface area contributed by atoms with Crippen LogP contribution in [0.3, 0.4) is 0 Å². The van der Waals surface area contributed by atoms with Crippen molar-refractivity contribution in [3.05, 3.63) is 0 Å². The first-order valence-corrected chi connectivity index (χ1v) is 7.26. The first-order valence-electron chi connectivity index (χ1n) is 5.76. The summed E-state index contributed by atoms with van der Waals surface area (Å²) in [5.41, 5.74) is 0. The van der Waals surface area contributed by atoms with E-state index in [2.05, 4.69) is 6.07 Å². The summed E-state index contributed by atoms with van der Waals surface area (Å²) in [7, 11) is -1.49. The Labute approximate surface area is 98.3 Å². The van der Waals surface area contributed by atoms with Crippen molar-refractivity contribution in [2.45, 2.75) is 50.8 Å². The number of hydrogen-bond acceptors (Lipinski definition) is 3. The Balaban J connectivity index is 2.65. The van der Waals surface area contributed by atoms with Crippen LogP contribution in [0.4, 0.5) is 0 Å². The van der Waals surface area contributed by atoms with Crippen LogP contribution in [0.15, 0.2) is 0 Å². The van der Waals surface area contributed by atoms with Crippen LogP contribution in [-0.2, 0) is 10.0 Å². The molecule has 0 radical (unpaired) electrons. The van der Waals surface area contributed by atoms with E-state index < -0.39 is 10.0 Å². The molecule has 1 saturated carbocycles. The van der Waals surface area contributed by atoms with Crippen LogP contribution in [-0.4, -0.2) is 31.1 Å². The van der Waals surface area contributed by atoms with E-state index >= 15 is 0 Å². The summed E-state index contributed by atoms with van der Waals surface area (Å²) >= 11 is 0. The van der Waals surface area contributed by atoms with Crippen LogP contribution in [0.1, 0.15) is 39.5 Å². The van der Waals surface area contributed by atoms with Gasteiger partial charge in [0.25, 0.3) is 0 Å². The summed E-state index contributed by atoms with van der Waals surface area (Å²) in [6.07, 6.45) is 3.25. The predicted molar refractivity (Wildman–Crippen MR) is 63.2 cm³/mol. The quantitative estimate of drug-likeness (QED) is 0.759. The smallest absolute Gasteiger partial charge is 0.212 e. The van der Waals surface area contributed by atoms with Crippen molar-refractivity contribution in [1.29, 1.82) is 5.26 Å². The zero-order valence-corrected chi connectivity index (χ0v) is 11.0. The van der Waals surface area contributed by atoms with Crippen molar-refractivity contribution in [2.24, 2.45) is 5.92 Å². The fraction of sp³-hybridized carbons (Fsp3) is 0.909. The molecule has 0 spiro atoms. The Morgan fingerprint density at radius 1 is 1.25 bits per heavy atom. The average Bonchev–Trinajstić information content (AvgIpc) is 2.28. The van der Waals surface area contributed by atoms with Gasteiger partial charge in [-0.2, -0.15) is 5.26 Å². The van der Waals surface area contributed by atoms with Gasteiger partial charge in [-0.05, 0) is 39.5 Å². The Morgan fingerprint density at radius 3 is 2.12 bits per heavy atom. The molecule has 1 aliphatic rings. The molecule has 0 aliphatic heterocycles. The highest BCUT2D eigenvalue weighted by Gasteiger charge is 2.31. The minimum Gasteiger partial charge on any atom is -0.212 e. The maximum Gasteiger partial charge on any atom is 0.216 e. The summed E-state index contributed by atoms with van der Waals surface area (Å²) in [6.45, 7) is 3.40. The average molecular weight is 244 g/mol. The number of rotatable bonds is 3. The molecule has 0 aromatic heterocycles. The van der Waals surface area contributed by atoms with Gasteiger partial charge in [0, 0.05) is 19.0 Å². The molecule has 0 amide bonds. The molecule has 16 heavy (non-hydrogen) atoms. The molecule has 0 aromatic rings. The van der Waals surface area contributed by atoms with Crippen molar-refractivity contribution in [3.63, 3.8) is 0 Å². The highest BCUT2D eigenvalue weighted by molar-refractivity contribution is 7.89. The highest BCUT2D eigenvalue weighted by atomic mass is 32.2. The third kappa shape index (κ3) is 2.74. The molecule has 0 saturated heterocycles. The molecule has 0 aromatic carbocycles. The Hall–Kier alpha value is -0.600. The van der Waals surface area contributed by atoms with E-state index in [1.807, 2.05) is 0 Å². The molecule has 0 heterocycles. The predicted octanol–water partition coefficient (Wildman–Crippen LogP) is 1.74. The van der Waals surface area contributed by atoms with Gasteiger partial charge >= 0.3 is 0 Å². The third-order valence-corrected chi connectivity index (χ3v) is 5.68. The molecule has 1 fully saturated rings. The molecule has 0 N–H and O–H groups in total. The monoisotopic (exact) mass is 244 g/mol. The largest absolute Gasteiger partial charge is 0.216 e. The van der Waals surface area contributed by atoms with Crippen LogP contribution >= 0.6 is 0 Å². The fourth-order valence-electron chi connectivity index (χ4n) is 2.11. The van der Waals surface area contributed by atoms with Crippen LogP contribution in [0, 0.1) is 17.2 Å². The molecule has 92 valence electrons. The summed E-state index contributed by atoms with van der Waals surface area (Å²) in [6, 6.07) is 2.34. The lowest BCUT2D eigenvalue weighted by Gasteiger charge is -2.33. The Bertz CT molecular complexity index is 362. The number of nitriles is 1. The van der Waals surface area contributed by atoms with Gasteiger partial charge in [0.15, 0.2) is 0 Å². The lowest BCUT2D eigenvalue weighted by Crippen LogP contribution is -2.42. The van der Waals surface area contributed by atoms with Gasteiger partial charge in [0.05, 0.1) is 11.3 Å². The van der Waals surface area contributed by atoms with Crippen LogP contribution in [0.2, 0.25) is 0 Å². The Morgan fingerprint density at radius 2 is 1.75 bits per heavy atom. The second-order valence-corrected chi connectivity index (χ2v) is 7.29. The first-order chi connectivity index (χ1) is 7.39. The molecule has 5 heteroatoms. The van der Waals surface area contributed by atoms with E-state index in [0.717, 1.165) is 25.7 Å². The summed E-state index contributed by atoms with van der Waals surface area (Å²) < 4.78 is 25.4. The van der Waals surface area contributed by atoms with Crippen molar-refractivity contribution in [2.75, 3.05) is 7.05 Å². The molecule has 4 nitrogen and oxygen atoms in total. The summed E-state index contributed by atoms with van der Waals surface area (Å²) in [5.74, 6) is 0.117. The normalized spacial score (nSPS) is 27.0. The van der Waals surface area contributed by atoms with Crippen molar-refractivity contribution < 1.29 is 8.42 Å². The minimum absolute atomic E-state index is 0.0806. The second kappa shape index (κ2) is 5.15. The number of hydrogen-bond donors (Lipinski definition) is 0. The SMILES string of the molecule is CC(C)S(=O)(=O)N(C)C1CCC(C#N)CC1. The van der Waals surface area contributed by atoms with E-state index in [-0.39, 0.29) is 17.2 Å². The molecule has 0 bridgehead atoms. The van der Waals surface area contributed by atoms with E-state index in [0.29, 0.717) is 0 Å². The van der Waals surface area contributed by atoms with Crippen molar-refractivity contribution >= 4 is 10.0 Å². The van der Waals surface area contributed by atoms with Crippen LogP contribution < -0.4 is 0 Å². The van der Waals surface area contributed by atoms with Crippen LogP contribution in [0.5, 0.6) is 0 Å². The van der Waals surface area contributed by atoms with Gasteiger partial charge in [-0.15, -0.1) is 0 Å². The molecular formula is C11H20N2O2S. The molecule has 0 unspecified atom stereocenters. The zero-order chi connectivity index (χ0) is 12.3. The minimum atomic E-state index is -3.15. The molecular weight excluding hydrogens is 224 g/mol. The van der Waals surface area contributed by atoms with Gasteiger partial charge in [-0.1, -0.05) is 0 Å². The van der Waals surface area contributed by atoms with E-state index in [9.17, 15) is 8.42 Å². The van der Waals surface area contributed by atoms with Crippen LogP contribution in [0.25, 0.3) is 0 Å². The second-order valence-electron chi connectivity index (χ2n) is 4.74. The van der Waals surface area contributed by atoms with Crippen molar-refractivity contribution in [1.82, 2.24) is 4.31 Å². The summed E-state index contributed by atoms with van der Waals surface area (Å²) in [5, 5.41) is 8.41. The van der Waals surface area contributed by atoms with E-state index in [1.54, 1.807) is 20.9 Å². The lowest BCUT2D eigenvalue weighted by molar-refractivity contribution is 0.260. The maximum atomic E-state index is 11.9. The van der Waals surface area contributed by atoms with E-state index in [4.69, 9.17) is 5.26 Å². The Kier molecular flexibility index (Phi) is 4.34. The first kappa shape index (κ1) is 13.5. The molecule has 1 aliphatic carbocycles. The topological polar surface area (TPSA) is 61.2 Å². The third-order valence-electron chi connectivity index (χ3n) is 3.39. The fourth-order valence-corrected chi connectivity index (χ4v) is 3.40. The van der Waals surface area contributed by atoms with Gasteiger partial charge in [-0.25, -0.2) is 12.7 Å². The standard InChI is InChI=1S/C11H20N2O2S/c1-9(2)16(14,15)13(3)11-6-4-10(8-12)5-7-11/h9-11H,4-7H2,1-3H3. The number of nitrogens with zero attached hydrogens (tertiary/aromatic N) is 2.